The van der Waals surface area contributed by atoms with Crippen molar-refractivity contribution in [1.82, 2.24) is 4.98 Å². The van der Waals surface area contributed by atoms with E-state index < -0.39 is 17.8 Å². The predicted molar refractivity (Wildman–Crippen MR) is 63.6 cm³/mol. The molecule has 1 unspecified atom stereocenters. The maximum atomic E-state index is 12.6. The molecule has 0 fully saturated rings. The molecule has 0 bridgehead atoms. The van der Waals surface area contributed by atoms with E-state index in [1.165, 1.54) is 7.05 Å². The molecule has 0 aliphatic heterocycles. The molecule has 1 heterocycles. The molecule has 1 rings (SSSR count). The zero-order valence-electron chi connectivity index (χ0n) is 10.2. The van der Waals surface area contributed by atoms with E-state index in [2.05, 4.69) is 15.6 Å². The highest BCUT2D eigenvalue weighted by Crippen LogP contribution is 2.31. The number of nitrogens with zero attached hydrogens (tertiary/aromatic N) is 1. The maximum Gasteiger partial charge on any atom is 0.416 e. The zero-order chi connectivity index (χ0) is 13.8. The van der Waals surface area contributed by atoms with E-state index in [9.17, 15) is 13.2 Å². The van der Waals surface area contributed by atoms with Crippen LogP contribution in [-0.2, 0) is 6.18 Å². The molecule has 0 radical (unpaired) electrons. The lowest BCUT2D eigenvalue weighted by molar-refractivity contribution is -0.137. The molecule has 1 aromatic rings. The Bertz CT molecular complexity index is 394. The molecular weight excluding hydrogens is 247 g/mol. The van der Waals surface area contributed by atoms with Gasteiger partial charge in [-0.25, -0.2) is 4.98 Å². The number of alkyl halides is 3. The molecule has 0 aliphatic rings. The first-order valence-electron chi connectivity index (χ1n) is 5.52. The van der Waals surface area contributed by atoms with Gasteiger partial charge in [0.1, 0.15) is 11.6 Å². The van der Waals surface area contributed by atoms with Gasteiger partial charge in [0.15, 0.2) is 0 Å². The van der Waals surface area contributed by atoms with Crippen molar-refractivity contribution >= 4 is 11.6 Å². The van der Waals surface area contributed by atoms with Crippen LogP contribution in [0.25, 0.3) is 0 Å². The van der Waals surface area contributed by atoms with Crippen molar-refractivity contribution in [2.75, 3.05) is 24.2 Å². The van der Waals surface area contributed by atoms with Crippen LogP contribution in [0.1, 0.15) is 18.9 Å². The highest BCUT2D eigenvalue weighted by Gasteiger charge is 2.31. The first-order valence-corrected chi connectivity index (χ1v) is 5.52. The Balaban J connectivity index is 2.84. The largest absolute Gasteiger partial charge is 0.416 e. The fraction of sp³-hybridized carbons (Fsp3) is 0.545. The van der Waals surface area contributed by atoms with Crippen molar-refractivity contribution in [3.63, 3.8) is 0 Å². The summed E-state index contributed by atoms with van der Waals surface area (Å²) < 4.78 is 37.8. The smallest absolute Gasteiger partial charge is 0.393 e. The molecule has 0 aromatic carbocycles. The van der Waals surface area contributed by atoms with Crippen LogP contribution >= 0.6 is 0 Å². The Hall–Kier alpha value is -1.50. The van der Waals surface area contributed by atoms with E-state index in [4.69, 9.17) is 5.11 Å². The van der Waals surface area contributed by atoms with E-state index in [0.717, 1.165) is 12.1 Å². The number of rotatable bonds is 5. The third-order valence-electron chi connectivity index (χ3n) is 2.28. The van der Waals surface area contributed by atoms with Gasteiger partial charge in [0.25, 0.3) is 0 Å². The average molecular weight is 263 g/mol. The summed E-state index contributed by atoms with van der Waals surface area (Å²) in [5, 5.41) is 14.4. The average Bonchev–Trinajstić information content (AvgIpc) is 2.27. The van der Waals surface area contributed by atoms with Gasteiger partial charge in [0.2, 0.25) is 0 Å². The van der Waals surface area contributed by atoms with Gasteiger partial charge in [-0.1, -0.05) is 0 Å². The third kappa shape index (κ3) is 4.40. The number of pyridine rings is 1. The molecular formula is C11H16F3N3O. The van der Waals surface area contributed by atoms with Crippen LogP contribution < -0.4 is 10.6 Å². The molecule has 7 heteroatoms. The summed E-state index contributed by atoms with van der Waals surface area (Å²) in [5.74, 6) is 0.277. The quantitative estimate of drug-likeness (QED) is 0.763. The molecule has 102 valence electrons. The molecule has 3 N–H and O–H groups in total. The number of nitrogens with one attached hydrogen (secondary N) is 2. The van der Waals surface area contributed by atoms with Crippen LogP contribution in [0.15, 0.2) is 12.1 Å². The van der Waals surface area contributed by atoms with Crippen molar-refractivity contribution in [2.24, 2.45) is 0 Å². The van der Waals surface area contributed by atoms with E-state index in [1.54, 1.807) is 6.92 Å². The van der Waals surface area contributed by atoms with Gasteiger partial charge < -0.3 is 15.7 Å². The second-order valence-electron chi connectivity index (χ2n) is 3.94. The SMILES string of the molecule is CNc1cc(C(F)(F)F)cc(NCCC(C)O)n1. The molecule has 18 heavy (non-hydrogen) atoms. The number of aliphatic hydroxyl groups is 1. The molecule has 0 aliphatic carbocycles. The molecule has 1 aromatic heterocycles. The van der Waals surface area contributed by atoms with Gasteiger partial charge in [0.05, 0.1) is 11.7 Å². The minimum Gasteiger partial charge on any atom is -0.393 e. The summed E-state index contributed by atoms with van der Waals surface area (Å²) in [6.07, 6.45) is -4.48. The normalized spacial score (nSPS) is 13.2. The molecule has 0 saturated heterocycles. The molecule has 0 saturated carbocycles. The third-order valence-corrected chi connectivity index (χ3v) is 2.28. The second kappa shape index (κ2) is 5.90. The number of hydrogen-bond donors (Lipinski definition) is 3. The summed E-state index contributed by atoms with van der Waals surface area (Å²) in [4.78, 5) is 3.96. The summed E-state index contributed by atoms with van der Waals surface area (Å²) in [7, 11) is 1.50. The van der Waals surface area contributed by atoms with Crippen molar-refractivity contribution in [2.45, 2.75) is 25.6 Å². The Labute approximate surface area is 103 Å². The summed E-state index contributed by atoms with van der Waals surface area (Å²) in [6.45, 7) is 1.97. The molecule has 1 atom stereocenters. The number of halogens is 3. The first-order chi connectivity index (χ1) is 8.32. The van der Waals surface area contributed by atoms with E-state index in [0.29, 0.717) is 13.0 Å². The molecule has 0 amide bonds. The number of anilines is 2. The second-order valence-corrected chi connectivity index (χ2v) is 3.94. The Kier molecular flexibility index (Phi) is 4.77. The number of aliphatic hydroxyl groups excluding tert-OH is 1. The van der Waals surface area contributed by atoms with E-state index in [1.807, 2.05) is 0 Å². The van der Waals surface area contributed by atoms with E-state index >= 15 is 0 Å². The van der Waals surface area contributed by atoms with Crippen LogP contribution in [0.3, 0.4) is 0 Å². The van der Waals surface area contributed by atoms with Gasteiger partial charge in [-0.3, -0.25) is 0 Å². The van der Waals surface area contributed by atoms with Crippen LogP contribution in [-0.4, -0.2) is 29.8 Å². The predicted octanol–water partition coefficient (Wildman–Crippen LogP) is 2.32. The minimum atomic E-state index is -4.41. The highest BCUT2D eigenvalue weighted by molar-refractivity contribution is 5.49. The van der Waals surface area contributed by atoms with E-state index in [-0.39, 0.29) is 11.6 Å². The standard InChI is InChI=1S/C11H16F3N3O/c1-7(18)3-4-16-10-6-8(11(12,13)14)5-9(15-2)17-10/h5-7,18H,3-4H2,1-2H3,(H2,15,16,17). The van der Waals surface area contributed by atoms with Gasteiger partial charge >= 0.3 is 6.18 Å². The Morgan fingerprint density at radius 2 is 1.94 bits per heavy atom. The zero-order valence-corrected chi connectivity index (χ0v) is 10.2. The summed E-state index contributed by atoms with van der Waals surface area (Å²) in [6, 6.07) is 1.89. The monoisotopic (exact) mass is 263 g/mol. The number of aromatic nitrogens is 1. The van der Waals surface area contributed by atoms with Crippen molar-refractivity contribution in [1.29, 1.82) is 0 Å². The summed E-state index contributed by atoms with van der Waals surface area (Å²) in [5.41, 5.74) is -0.763. The van der Waals surface area contributed by atoms with Crippen LogP contribution in [0.5, 0.6) is 0 Å². The molecule has 4 nitrogen and oxygen atoms in total. The lowest BCUT2D eigenvalue weighted by Crippen LogP contribution is -2.13. The fourth-order valence-corrected chi connectivity index (χ4v) is 1.32. The fourth-order valence-electron chi connectivity index (χ4n) is 1.32. The van der Waals surface area contributed by atoms with Crippen LogP contribution in [0.2, 0.25) is 0 Å². The summed E-state index contributed by atoms with van der Waals surface area (Å²) >= 11 is 0. The molecule has 0 spiro atoms. The minimum absolute atomic E-state index is 0.134. The van der Waals surface area contributed by atoms with Crippen LogP contribution in [0.4, 0.5) is 24.8 Å². The number of hydrogen-bond acceptors (Lipinski definition) is 4. The topological polar surface area (TPSA) is 57.2 Å². The van der Waals surface area contributed by atoms with Gasteiger partial charge in [-0.2, -0.15) is 13.2 Å². The maximum absolute atomic E-state index is 12.6. The Morgan fingerprint density at radius 3 is 2.44 bits per heavy atom. The van der Waals surface area contributed by atoms with Crippen molar-refractivity contribution in [3.05, 3.63) is 17.7 Å². The lowest BCUT2D eigenvalue weighted by atomic mass is 10.2. The van der Waals surface area contributed by atoms with Gasteiger partial charge in [-0.15, -0.1) is 0 Å². The van der Waals surface area contributed by atoms with Crippen molar-refractivity contribution < 1.29 is 18.3 Å². The first kappa shape index (κ1) is 14.6. The van der Waals surface area contributed by atoms with Crippen molar-refractivity contribution in [3.8, 4) is 0 Å². The lowest BCUT2D eigenvalue weighted by Gasteiger charge is -2.13. The van der Waals surface area contributed by atoms with Crippen LogP contribution in [0, 0.1) is 0 Å². The Morgan fingerprint density at radius 1 is 1.33 bits per heavy atom. The highest BCUT2D eigenvalue weighted by atomic mass is 19.4. The van der Waals surface area contributed by atoms with Gasteiger partial charge in [-0.05, 0) is 25.5 Å². The van der Waals surface area contributed by atoms with Gasteiger partial charge in [0, 0.05) is 13.6 Å².